The van der Waals surface area contributed by atoms with E-state index in [-0.39, 0.29) is 0 Å². The topological polar surface area (TPSA) is 68.0 Å². The monoisotopic (exact) mass is 295 g/mol. The lowest BCUT2D eigenvalue weighted by Gasteiger charge is -2.12. The minimum atomic E-state index is -4.69. The SMILES string of the molecule is Cc1ccc(NC(=O)c2cccnc2C(F)(F)F)cc1N. The molecule has 0 aliphatic heterocycles. The van der Waals surface area contributed by atoms with Gasteiger partial charge in [-0.15, -0.1) is 0 Å². The van der Waals surface area contributed by atoms with Gasteiger partial charge in [-0.25, -0.2) is 0 Å². The minimum absolute atomic E-state index is 0.320. The average molecular weight is 295 g/mol. The quantitative estimate of drug-likeness (QED) is 0.836. The molecule has 0 radical (unpaired) electrons. The highest BCUT2D eigenvalue weighted by atomic mass is 19.4. The van der Waals surface area contributed by atoms with E-state index < -0.39 is 23.3 Å². The fourth-order valence-corrected chi connectivity index (χ4v) is 1.73. The Labute approximate surface area is 118 Å². The van der Waals surface area contributed by atoms with E-state index in [0.717, 1.165) is 17.8 Å². The highest BCUT2D eigenvalue weighted by Gasteiger charge is 2.36. The molecular formula is C14H12F3N3O. The molecule has 0 aliphatic carbocycles. The van der Waals surface area contributed by atoms with E-state index in [2.05, 4.69) is 10.3 Å². The lowest BCUT2D eigenvalue weighted by Crippen LogP contribution is -2.20. The summed E-state index contributed by atoms with van der Waals surface area (Å²) in [6.45, 7) is 1.78. The zero-order valence-corrected chi connectivity index (χ0v) is 11.0. The lowest BCUT2D eigenvalue weighted by molar-refractivity contribution is -0.141. The lowest BCUT2D eigenvalue weighted by atomic mass is 10.1. The zero-order chi connectivity index (χ0) is 15.6. The molecule has 0 spiro atoms. The van der Waals surface area contributed by atoms with Crippen LogP contribution in [-0.4, -0.2) is 10.9 Å². The number of carbonyl (C=O) groups is 1. The summed E-state index contributed by atoms with van der Waals surface area (Å²) in [4.78, 5) is 15.2. The van der Waals surface area contributed by atoms with Gasteiger partial charge in [0.15, 0.2) is 5.69 Å². The van der Waals surface area contributed by atoms with Crippen LogP contribution in [0.2, 0.25) is 0 Å². The Morgan fingerprint density at radius 3 is 2.62 bits per heavy atom. The predicted octanol–water partition coefficient (Wildman–Crippen LogP) is 3.24. The summed E-state index contributed by atoms with van der Waals surface area (Å²) in [7, 11) is 0. The maximum atomic E-state index is 12.8. The van der Waals surface area contributed by atoms with Crippen LogP contribution in [0.4, 0.5) is 24.5 Å². The molecule has 0 saturated carbocycles. The maximum Gasteiger partial charge on any atom is 0.434 e. The van der Waals surface area contributed by atoms with Crippen LogP contribution in [0.15, 0.2) is 36.5 Å². The third-order valence-corrected chi connectivity index (χ3v) is 2.86. The molecule has 21 heavy (non-hydrogen) atoms. The molecule has 1 aromatic carbocycles. The van der Waals surface area contributed by atoms with Gasteiger partial charge in [0, 0.05) is 17.6 Å². The van der Waals surface area contributed by atoms with Crippen molar-refractivity contribution in [2.24, 2.45) is 0 Å². The van der Waals surface area contributed by atoms with Crippen molar-refractivity contribution >= 4 is 17.3 Å². The number of pyridine rings is 1. The molecule has 2 rings (SSSR count). The molecule has 3 N–H and O–H groups in total. The number of alkyl halides is 3. The first-order chi connectivity index (χ1) is 9.79. The van der Waals surface area contributed by atoms with Gasteiger partial charge < -0.3 is 11.1 Å². The van der Waals surface area contributed by atoms with Crippen molar-refractivity contribution in [3.05, 3.63) is 53.3 Å². The molecule has 0 bridgehead atoms. The number of aryl methyl sites for hydroxylation is 1. The largest absolute Gasteiger partial charge is 0.434 e. The first-order valence-electron chi connectivity index (χ1n) is 5.98. The first kappa shape index (κ1) is 14.8. The fraction of sp³-hybridized carbons (Fsp3) is 0.143. The Kier molecular flexibility index (Phi) is 3.84. The number of halogens is 3. The number of nitrogen functional groups attached to an aromatic ring is 1. The average Bonchev–Trinajstić information content (AvgIpc) is 2.42. The van der Waals surface area contributed by atoms with Crippen molar-refractivity contribution in [1.29, 1.82) is 0 Å². The zero-order valence-electron chi connectivity index (χ0n) is 11.0. The van der Waals surface area contributed by atoms with Gasteiger partial charge in [-0.3, -0.25) is 9.78 Å². The second kappa shape index (κ2) is 5.43. The van der Waals surface area contributed by atoms with Gasteiger partial charge in [-0.1, -0.05) is 6.07 Å². The van der Waals surface area contributed by atoms with Crippen molar-refractivity contribution in [2.45, 2.75) is 13.1 Å². The van der Waals surface area contributed by atoms with Crippen LogP contribution in [0.5, 0.6) is 0 Å². The van der Waals surface area contributed by atoms with Crippen molar-refractivity contribution in [3.8, 4) is 0 Å². The van der Waals surface area contributed by atoms with Gasteiger partial charge in [0.25, 0.3) is 5.91 Å². The number of nitrogens with one attached hydrogen (secondary N) is 1. The van der Waals surface area contributed by atoms with Gasteiger partial charge in [0.2, 0.25) is 0 Å². The van der Waals surface area contributed by atoms with Crippen LogP contribution in [-0.2, 0) is 6.18 Å². The Balaban J connectivity index is 2.31. The van der Waals surface area contributed by atoms with E-state index in [0.29, 0.717) is 11.4 Å². The van der Waals surface area contributed by atoms with Crippen molar-refractivity contribution < 1.29 is 18.0 Å². The van der Waals surface area contributed by atoms with Crippen LogP contribution < -0.4 is 11.1 Å². The summed E-state index contributed by atoms with van der Waals surface area (Å²) >= 11 is 0. The molecular weight excluding hydrogens is 283 g/mol. The summed E-state index contributed by atoms with van der Waals surface area (Å²) in [5.41, 5.74) is 5.50. The van der Waals surface area contributed by atoms with Crippen LogP contribution in [0, 0.1) is 6.92 Å². The molecule has 1 heterocycles. The number of amides is 1. The molecule has 1 aromatic heterocycles. The van der Waals surface area contributed by atoms with Crippen LogP contribution in [0.1, 0.15) is 21.6 Å². The molecule has 0 atom stereocenters. The van der Waals surface area contributed by atoms with Gasteiger partial charge in [-0.05, 0) is 36.8 Å². The van der Waals surface area contributed by atoms with Gasteiger partial charge in [0.05, 0.1) is 5.56 Å². The number of aromatic nitrogens is 1. The summed E-state index contributed by atoms with van der Waals surface area (Å²) < 4.78 is 38.4. The number of anilines is 2. The Morgan fingerprint density at radius 2 is 2.00 bits per heavy atom. The van der Waals surface area contributed by atoms with Crippen molar-refractivity contribution in [1.82, 2.24) is 4.98 Å². The Bertz CT molecular complexity index is 683. The fourth-order valence-electron chi connectivity index (χ4n) is 1.73. The van der Waals surface area contributed by atoms with Crippen LogP contribution in [0.3, 0.4) is 0 Å². The normalized spacial score (nSPS) is 11.2. The Morgan fingerprint density at radius 1 is 1.29 bits per heavy atom. The number of nitrogens with two attached hydrogens (primary N) is 1. The van der Waals surface area contributed by atoms with Gasteiger partial charge in [0.1, 0.15) is 0 Å². The summed E-state index contributed by atoms with van der Waals surface area (Å²) in [6.07, 6.45) is -3.70. The van der Waals surface area contributed by atoms with Crippen molar-refractivity contribution in [2.75, 3.05) is 11.1 Å². The number of hydrogen-bond donors (Lipinski definition) is 2. The first-order valence-corrected chi connectivity index (χ1v) is 5.98. The second-order valence-electron chi connectivity index (χ2n) is 4.42. The molecule has 4 nitrogen and oxygen atoms in total. The molecule has 2 aromatic rings. The van der Waals surface area contributed by atoms with Crippen molar-refractivity contribution in [3.63, 3.8) is 0 Å². The summed E-state index contributed by atoms with van der Waals surface area (Å²) in [5, 5.41) is 2.38. The van der Waals surface area contributed by atoms with Gasteiger partial charge >= 0.3 is 6.18 Å². The molecule has 0 aliphatic rings. The summed E-state index contributed by atoms with van der Waals surface area (Å²) in [6, 6.07) is 7.05. The van der Waals surface area contributed by atoms with E-state index in [4.69, 9.17) is 5.73 Å². The van der Waals surface area contributed by atoms with Crippen LogP contribution in [0.25, 0.3) is 0 Å². The van der Waals surface area contributed by atoms with E-state index in [1.807, 2.05) is 0 Å². The third-order valence-electron chi connectivity index (χ3n) is 2.86. The minimum Gasteiger partial charge on any atom is -0.398 e. The molecule has 110 valence electrons. The van der Waals surface area contributed by atoms with E-state index in [9.17, 15) is 18.0 Å². The van der Waals surface area contributed by atoms with E-state index in [1.54, 1.807) is 19.1 Å². The molecule has 7 heteroatoms. The maximum absolute atomic E-state index is 12.8. The highest BCUT2D eigenvalue weighted by Crippen LogP contribution is 2.30. The van der Waals surface area contributed by atoms with E-state index in [1.165, 1.54) is 12.1 Å². The standard InChI is InChI=1S/C14H12F3N3O/c1-8-4-5-9(7-11(8)18)20-13(21)10-3-2-6-19-12(10)14(15,16)17/h2-7H,18H2,1H3,(H,20,21). The number of rotatable bonds is 2. The number of nitrogens with zero attached hydrogens (tertiary/aromatic N) is 1. The third kappa shape index (κ3) is 3.31. The van der Waals surface area contributed by atoms with E-state index >= 15 is 0 Å². The Hall–Kier alpha value is -2.57. The number of benzene rings is 1. The smallest absolute Gasteiger partial charge is 0.398 e. The number of carbonyl (C=O) groups excluding carboxylic acids is 1. The second-order valence-corrected chi connectivity index (χ2v) is 4.42. The molecule has 0 fully saturated rings. The van der Waals surface area contributed by atoms with Crippen LogP contribution >= 0.6 is 0 Å². The number of hydrogen-bond acceptors (Lipinski definition) is 3. The molecule has 1 amide bonds. The summed E-state index contributed by atoms with van der Waals surface area (Å²) in [5.74, 6) is -0.890. The highest BCUT2D eigenvalue weighted by molar-refractivity contribution is 6.05. The molecule has 0 unspecified atom stereocenters. The predicted molar refractivity (Wildman–Crippen MR) is 72.8 cm³/mol. The molecule has 0 saturated heterocycles. The van der Waals surface area contributed by atoms with Gasteiger partial charge in [-0.2, -0.15) is 13.2 Å².